The number of rotatable bonds is 11. The molecule has 2 aromatic heterocycles. The van der Waals surface area contributed by atoms with Gasteiger partial charge in [-0.15, -0.1) is 0 Å². The lowest BCUT2D eigenvalue weighted by Crippen LogP contribution is -2.50. The second-order valence-electron chi connectivity index (χ2n) is 7.55. The van der Waals surface area contributed by atoms with E-state index in [0.29, 0.717) is 5.92 Å². The highest BCUT2D eigenvalue weighted by Crippen LogP contribution is 2.24. The SMILES string of the molecule is CC(C)c1cnn2c(NCc3ccccc3)cc(NCCCCCC[NH3+])nc12. The second-order valence-corrected chi connectivity index (χ2v) is 7.55. The summed E-state index contributed by atoms with van der Waals surface area (Å²) in [4.78, 5) is 4.85. The van der Waals surface area contributed by atoms with Crippen LogP contribution in [0.5, 0.6) is 0 Å². The molecule has 0 fully saturated rings. The van der Waals surface area contributed by atoms with Crippen molar-refractivity contribution in [1.82, 2.24) is 14.6 Å². The average Bonchev–Trinajstić information content (AvgIpc) is 3.14. The van der Waals surface area contributed by atoms with Gasteiger partial charge in [-0.2, -0.15) is 9.61 Å². The summed E-state index contributed by atoms with van der Waals surface area (Å²) in [7, 11) is 0. The second kappa shape index (κ2) is 10.1. The molecule has 3 aromatic rings. The van der Waals surface area contributed by atoms with Gasteiger partial charge in [0.15, 0.2) is 5.65 Å². The van der Waals surface area contributed by atoms with Gasteiger partial charge in [0.1, 0.15) is 11.6 Å². The molecule has 0 aliphatic carbocycles. The van der Waals surface area contributed by atoms with E-state index in [-0.39, 0.29) is 0 Å². The molecule has 0 spiro atoms. The molecule has 0 aliphatic heterocycles. The van der Waals surface area contributed by atoms with Crippen LogP contribution in [0.1, 0.15) is 56.6 Å². The van der Waals surface area contributed by atoms with Crippen LogP contribution in [0.3, 0.4) is 0 Å². The van der Waals surface area contributed by atoms with Crippen LogP contribution < -0.4 is 16.4 Å². The molecule has 0 saturated heterocycles. The Kier molecular flexibility index (Phi) is 7.25. The Morgan fingerprint density at radius 3 is 2.57 bits per heavy atom. The van der Waals surface area contributed by atoms with Crippen LogP contribution in [0.25, 0.3) is 5.65 Å². The number of anilines is 2. The molecule has 2 heterocycles. The maximum absolute atomic E-state index is 4.85. The first kappa shape index (κ1) is 20.1. The van der Waals surface area contributed by atoms with E-state index in [1.165, 1.54) is 30.4 Å². The van der Waals surface area contributed by atoms with Crippen LogP contribution in [0.15, 0.2) is 42.6 Å². The highest BCUT2D eigenvalue weighted by molar-refractivity contribution is 5.61. The van der Waals surface area contributed by atoms with Crippen molar-refractivity contribution in [3.05, 3.63) is 53.7 Å². The number of fused-ring (bicyclic) bond motifs is 1. The fraction of sp³-hybridized carbons (Fsp3) is 0.455. The Morgan fingerprint density at radius 2 is 1.82 bits per heavy atom. The lowest BCUT2D eigenvalue weighted by atomic mass is 10.1. The molecule has 0 aliphatic rings. The Bertz CT molecular complexity index is 856. The molecule has 0 radical (unpaired) electrons. The zero-order valence-electron chi connectivity index (χ0n) is 17.1. The van der Waals surface area contributed by atoms with Crippen molar-refractivity contribution >= 4 is 17.3 Å². The molecule has 0 bridgehead atoms. The van der Waals surface area contributed by atoms with E-state index in [2.05, 4.69) is 65.6 Å². The predicted octanol–water partition coefficient (Wildman–Crippen LogP) is 3.68. The molecule has 6 heteroatoms. The van der Waals surface area contributed by atoms with Crippen LogP contribution in [-0.4, -0.2) is 27.7 Å². The van der Waals surface area contributed by atoms with Crippen molar-refractivity contribution in [3.8, 4) is 0 Å². The summed E-state index contributed by atoms with van der Waals surface area (Å²) in [5.41, 5.74) is 7.24. The number of quaternary nitrogens is 1. The predicted molar refractivity (Wildman–Crippen MR) is 116 cm³/mol. The summed E-state index contributed by atoms with van der Waals surface area (Å²) in [6.07, 6.45) is 6.78. The third kappa shape index (κ3) is 5.23. The van der Waals surface area contributed by atoms with Crippen molar-refractivity contribution in [2.24, 2.45) is 0 Å². The summed E-state index contributed by atoms with van der Waals surface area (Å²) in [6.45, 7) is 7.07. The largest absolute Gasteiger partial charge is 0.370 e. The third-order valence-corrected chi connectivity index (χ3v) is 4.92. The Labute approximate surface area is 167 Å². The highest BCUT2D eigenvalue weighted by Gasteiger charge is 2.14. The van der Waals surface area contributed by atoms with Crippen LogP contribution in [0.2, 0.25) is 0 Å². The van der Waals surface area contributed by atoms with Crippen LogP contribution in [-0.2, 0) is 6.54 Å². The van der Waals surface area contributed by atoms with E-state index in [1.54, 1.807) is 0 Å². The first-order chi connectivity index (χ1) is 13.7. The quantitative estimate of drug-likeness (QED) is 0.443. The van der Waals surface area contributed by atoms with E-state index in [9.17, 15) is 0 Å². The van der Waals surface area contributed by atoms with Gasteiger partial charge in [-0.25, -0.2) is 4.98 Å². The number of hydrogen-bond acceptors (Lipinski definition) is 4. The van der Waals surface area contributed by atoms with Gasteiger partial charge in [0.2, 0.25) is 0 Å². The zero-order chi connectivity index (χ0) is 19.8. The molecule has 0 unspecified atom stereocenters. The number of nitrogens with zero attached hydrogens (tertiary/aromatic N) is 3. The summed E-state index contributed by atoms with van der Waals surface area (Å²) >= 11 is 0. The van der Waals surface area contributed by atoms with Gasteiger partial charge in [-0.3, -0.25) is 0 Å². The minimum atomic E-state index is 0.380. The lowest BCUT2D eigenvalue weighted by Gasteiger charge is -2.13. The Balaban J connectivity index is 1.76. The Morgan fingerprint density at radius 1 is 1.04 bits per heavy atom. The number of hydrogen-bond donors (Lipinski definition) is 3. The van der Waals surface area contributed by atoms with E-state index in [1.807, 2.05) is 16.8 Å². The van der Waals surface area contributed by atoms with Gasteiger partial charge in [-0.1, -0.05) is 50.6 Å². The minimum Gasteiger partial charge on any atom is -0.370 e. The number of unbranched alkanes of at least 4 members (excludes halogenated alkanes) is 3. The van der Waals surface area contributed by atoms with Gasteiger partial charge < -0.3 is 16.4 Å². The molecular formula is C22H33N6+. The molecule has 150 valence electrons. The van der Waals surface area contributed by atoms with Gasteiger partial charge in [-0.05, 0) is 30.7 Å². The summed E-state index contributed by atoms with van der Waals surface area (Å²) in [5.74, 6) is 2.24. The number of aromatic nitrogens is 3. The van der Waals surface area contributed by atoms with Crippen LogP contribution in [0, 0.1) is 0 Å². The summed E-state index contributed by atoms with van der Waals surface area (Å²) in [6, 6.07) is 12.5. The summed E-state index contributed by atoms with van der Waals surface area (Å²) < 4.78 is 1.91. The number of benzene rings is 1. The molecule has 6 nitrogen and oxygen atoms in total. The molecule has 28 heavy (non-hydrogen) atoms. The van der Waals surface area contributed by atoms with E-state index < -0.39 is 0 Å². The molecule has 3 rings (SSSR count). The fourth-order valence-corrected chi connectivity index (χ4v) is 3.26. The topological polar surface area (TPSA) is 81.9 Å². The highest BCUT2D eigenvalue weighted by atomic mass is 15.3. The zero-order valence-corrected chi connectivity index (χ0v) is 17.1. The maximum Gasteiger partial charge on any atom is 0.163 e. The van der Waals surface area contributed by atoms with Crippen molar-refractivity contribution in [2.75, 3.05) is 23.7 Å². The van der Waals surface area contributed by atoms with Gasteiger partial charge in [0, 0.05) is 24.7 Å². The van der Waals surface area contributed by atoms with E-state index >= 15 is 0 Å². The molecule has 5 N–H and O–H groups in total. The van der Waals surface area contributed by atoms with Crippen LogP contribution in [0.4, 0.5) is 11.6 Å². The molecule has 0 saturated carbocycles. The van der Waals surface area contributed by atoms with E-state index in [0.717, 1.165) is 43.3 Å². The molecular weight excluding hydrogens is 348 g/mol. The first-order valence-electron chi connectivity index (χ1n) is 10.4. The lowest BCUT2D eigenvalue weighted by molar-refractivity contribution is -0.368. The fourth-order valence-electron chi connectivity index (χ4n) is 3.26. The van der Waals surface area contributed by atoms with E-state index in [4.69, 9.17) is 4.98 Å². The van der Waals surface area contributed by atoms with Crippen molar-refractivity contribution < 1.29 is 5.73 Å². The van der Waals surface area contributed by atoms with Crippen molar-refractivity contribution in [2.45, 2.75) is 52.0 Å². The van der Waals surface area contributed by atoms with Gasteiger partial charge in [0.05, 0.1) is 12.7 Å². The molecule has 0 atom stereocenters. The summed E-state index contributed by atoms with van der Waals surface area (Å²) in [5, 5.41) is 11.6. The molecule has 0 amide bonds. The number of nitrogens with one attached hydrogen (secondary N) is 2. The Hall–Kier alpha value is -2.60. The third-order valence-electron chi connectivity index (χ3n) is 4.92. The molecule has 1 aromatic carbocycles. The first-order valence-corrected chi connectivity index (χ1v) is 10.4. The van der Waals surface area contributed by atoms with Crippen LogP contribution >= 0.6 is 0 Å². The van der Waals surface area contributed by atoms with Crippen molar-refractivity contribution in [3.63, 3.8) is 0 Å². The smallest absolute Gasteiger partial charge is 0.163 e. The normalized spacial score (nSPS) is 11.3. The van der Waals surface area contributed by atoms with Crippen molar-refractivity contribution in [1.29, 1.82) is 0 Å². The minimum absolute atomic E-state index is 0.380. The van der Waals surface area contributed by atoms with Gasteiger partial charge in [0.25, 0.3) is 0 Å². The standard InChI is InChI=1S/C22H32N6/c1-17(2)19-16-26-28-21(25-15-18-10-6-5-7-11-18)14-20(27-22(19)28)24-13-9-4-3-8-12-23/h5-7,10-11,14,16-17,25H,3-4,8-9,12-13,15,23H2,1-2H3,(H,24,27)/p+1. The maximum atomic E-state index is 4.85. The average molecular weight is 382 g/mol. The monoisotopic (exact) mass is 381 g/mol. The van der Waals surface area contributed by atoms with Gasteiger partial charge >= 0.3 is 0 Å².